The summed E-state index contributed by atoms with van der Waals surface area (Å²) in [5, 5.41) is 11.5. The van der Waals surface area contributed by atoms with Crippen LogP contribution < -0.4 is 5.32 Å². The SMILES string of the molecule is CC(NC(=O)CCCN1C(=O)CN(C)C1=O)c1nnc2n1CCCCC2. The summed E-state index contributed by atoms with van der Waals surface area (Å²) in [4.78, 5) is 38.3. The fourth-order valence-electron chi connectivity index (χ4n) is 3.49. The van der Waals surface area contributed by atoms with Gasteiger partial charge in [0.1, 0.15) is 12.4 Å². The van der Waals surface area contributed by atoms with E-state index in [-0.39, 0.29) is 43.4 Å². The summed E-state index contributed by atoms with van der Waals surface area (Å²) < 4.78 is 2.12. The first kappa shape index (κ1) is 18.3. The number of carbonyl (C=O) groups excluding carboxylic acids is 3. The van der Waals surface area contributed by atoms with E-state index in [0.29, 0.717) is 6.42 Å². The van der Waals surface area contributed by atoms with Crippen molar-refractivity contribution in [2.24, 2.45) is 0 Å². The van der Waals surface area contributed by atoms with Gasteiger partial charge in [-0.2, -0.15) is 0 Å². The molecule has 4 amide bonds. The topological polar surface area (TPSA) is 100 Å². The monoisotopic (exact) mass is 362 g/mol. The fraction of sp³-hybridized carbons (Fsp3) is 0.706. The highest BCUT2D eigenvalue weighted by Gasteiger charge is 2.33. The molecule has 2 aliphatic heterocycles. The number of hydrogen-bond acceptors (Lipinski definition) is 5. The van der Waals surface area contributed by atoms with E-state index >= 15 is 0 Å². The first-order chi connectivity index (χ1) is 12.5. The number of likely N-dealkylation sites (N-methyl/N-ethyl adjacent to an activating group) is 1. The lowest BCUT2D eigenvalue weighted by atomic mass is 10.2. The van der Waals surface area contributed by atoms with Gasteiger partial charge in [-0.25, -0.2) is 4.79 Å². The van der Waals surface area contributed by atoms with Crippen molar-refractivity contribution in [3.8, 4) is 0 Å². The minimum absolute atomic E-state index is 0.111. The first-order valence-corrected chi connectivity index (χ1v) is 9.24. The van der Waals surface area contributed by atoms with Crippen LogP contribution in [0.2, 0.25) is 0 Å². The normalized spacial score (nSPS) is 18.7. The quantitative estimate of drug-likeness (QED) is 0.757. The van der Waals surface area contributed by atoms with Gasteiger partial charge in [-0.1, -0.05) is 6.42 Å². The minimum atomic E-state index is -0.296. The van der Waals surface area contributed by atoms with Gasteiger partial charge in [-0.3, -0.25) is 14.5 Å². The zero-order valence-electron chi connectivity index (χ0n) is 15.4. The Bertz CT molecular complexity index is 701. The van der Waals surface area contributed by atoms with Crippen LogP contribution in [0.3, 0.4) is 0 Å². The van der Waals surface area contributed by atoms with Crippen molar-refractivity contribution in [3.63, 3.8) is 0 Å². The highest BCUT2D eigenvalue weighted by Crippen LogP contribution is 2.18. The Morgan fingerprint density at radius 3 is 2.77 bits per heavy atom. The molecule has 1 N–H and O–H groups in total. The molecule has 3 rings (SSSR count). The van der Waals surface area contributed by atoms with Crippen LogP contribution in [-0.4, -0.2) is 62.5 Å². The molecular weight excluding hydrogens is 336 g/mol. The van der Waals surface area contributed by atoms with Crippen molar-refractivity contribution < 1.29 is 14.4 Å². The van der Waals surface area contributed by atoms with Crippen molar-refractivity contribution in [1.82, 2.24) is 29.9 Å². The van der Waals surface area contributed by atoms with Gasteiger partial charge in [0.2, 0.25) is 11.8 Å². The van der Waals surface area contributed by atoms with Crippen LogP contribution in [0, 0.1) is 0 Å². The summed E-state index contributed by atoms with van der Waals surface area (Å²) in [6.07, 6.45) is 5.05. The van der Waals surface area contributed by atoms with Crippen molar-refractivity contribution in [2.75, 3.05) is 20.1 Å². The Morgan fingerprint density at radius 2 is 2.04 bits per heavy atom. The Balaban J connectivity index is 1.48. The van der Waals surface area contributed by atoms with Gasteiger partial charge in [0.25, 0.3) is 0 Å². The van der Waals surface area contributed by atoms with Crippen LogP contribution in [0.5, 0.6) is 0 Å². The van der Waals surface area contributed by atoms with E-state index in [2.05, 4.69) is 20.1 Å². The number of fused-ring (bicyclic) bond motifs is 1. The molecular formula is C17H26N6O3. The average molecular weight is 362 g/mol. The molecule has 2 aliphatic rings. The second-order valence-electron chi connectivity index (χ2n) is 7.01. The van der Waals surface area contributed by atoms with E-state index in [1.54, 1.807) is 7.05 Å². The third-order valence-corrected chi connectivity index (χ3v) is 4.92. The summed E-state index contributed by atoms with van der Waals surface area (Å²) in [6, 6.07) is -0.516. The number of nitrogens with one attached hydrogen (secondary N) is 1. The molecule has 1 aromatic heterocycles. The van der Waals surface area contributed by atoms with Gasteiger partial charge in [-0.15, -0.1) is 10.2 Å². The van der Waals surface area contributed by atoms with E-state index in [1.807, 2.05) is 6.92 Å². The molecule has 1 fully saturated rings. The zero-order valence-corrected chi connectivity index (χ0v) is 15.4. The zero-order chi connectivity index (χ0) is 18.7. The van der Waals surface area contributed by atoms with E-state index in [0.717, 1.165) is 37.5 Å². The predicted molar refractivity (Wildman–Crippen MR) is 93.1 cm³/mol. The van der Waals surface area contributed by atoms with Crippen LogP contribution in [0.4, 0.5) is 4.79 Å². The molecule has 9 heteroatoms. The maximum atomic E-state index is 12.2. The van der Waals surface area contributed by atoms with Crippen molar-refractivity contribution in [2.45, 2.75) is 58.0 Å². The molecule has 0 bridgehead atoms. The number of carbonyl (C=O) groups is 3. The van der Waals surface area contributed by atoms with Gasteiger partial charge < -0.3 is 14.8 Å². The lowest BCUT2D eigenvalue weighted by molar-refractivity contribution is -0.126. The van der Waals surface area contributed by atoms with Crippen molar-refractivity contribution in [3.05, 3.63) is 11.6 Å². The third-order valence-electron chi connectivity index (χ3n) is 4.92. The molecule has 142 valence electrons. The maximum Gasteiger partial charge on any atom is 0.326 e. The Kier molecular flexibility index (Phi) is 5.53. The highest BCUT2D eigenvalue weighted by atomic mass is 16.2. The van der Waals surface area contributed by atoms with Crippen LogP contribution in [0.15, 0.2) is 0 Å². The van der Waals surface area contributed by atoms with Gasteiger partial charge >= 0.3 is 6.03 Å². The lowest BCUT2D eigenvalue weighted by Crippen LogP contribution is -2.34. The number of rotatable bonds is 6. The minimum Gasteiger partial charge on any atom is -0.346 e. The predicted octanol–water partition coefficient (Wildman–Crippen LogP) is 0.856. The lowest BCUT2D eigenvalue weighted by Gasteiger charge is -2.16. The fourth-order valence-corrected chi connectivity index (χ4v) is 3.49. The van der Waals surface area contributed by atoms with Gasteiger partial charge in [-0.05, 0) is 26.2 Å². The smallest absolute Gasteiger partial charge is 0.326 e. The molecule has 1 aromatic rings. The molecule has 0 saturated carbocycles. The van der Waals surface area contributed by atoms with Gasteiger partial charge in [0.05, 0.1) is 6.04 Å². The highest BCUT2D eigenvalue weighted by molar-refractivity contribution is 6.01. The Morgan fingerprint density at radius 1 is 1.23 bits per heavy atom. The standard InChI is InChI=1S/C17H26N6O3/c1-12(16-20-19-13-7-4-3-5-9-22(13)16)18-14(24)8-6-10-23-15(25)11-21(2)17(23)26/h12H,3-11H2,1-2H3,(H,18,24). The molecule has 0 spiro atoms. The van der Waals surface area contributed by atoms with E-state index in [4.69, 9.17) is 0 Å². The van der Waals surface area contributed by atoms with Crippen LogP contribution in [0.1, 0.15) is 56.7 Å². The number of hydrogen-bond donors (Lipinski definition) is 1. The second-order valence-corrected chi connectivity index (χ2v) is 7.01. The number of nitrogens with zero attached hydrogens (tertiary/aromatic N) is 5. The number of amides is 4. The first-order valence-electron chi connectivity index (χ1n) is 9.24. The van der Waals surface area contributed by atoms with Gasteiger partial charge in [0.15, 0.2) is 5.82 Å². The summed E-state index contributed by atoms with van der Waals surface area (Å²) >= 11 is 0. The molecule has 0 aliphatic carbocycles. The van der Waals surface area contributed by atoms with Crippen molar-refractivity contribution >= 4 is 17.8 Å². The molecule has 0 aromatic carbocycles. The van der Waals surface area contributed by atoms with Crippen molar-refractivity contribution in [1.29, 1.82) is 0 Å². The van der Waals surface area contributed by atoms with Crippen LogP contribution >= 0.6 is 0 Å². The van der Waals surface area contributed by atoms with Crippen LogP contribution in [0.25, 0.3) is 0 Å². The largest absolute Gasteiger partial charge is 0.346 e. The van der Waals surface area contributed by atoms with E-state index in [1.165, 1.54) is 16.2 Å². The summed E-state index contributed by atoms with van der Waals surface area (Å²) in [5.74, 6) is 1.46. The number of urea groups is 1. The number of aromatic nitrogens is 3. The number of imide groups is 1. The van der Waals surface area contributed by atoms with E-state index < -0.39 is 0 Å². The molecule has 26 heavy (non-hydrogen) atoms. The number of aryl methyl sites for hydroxylation is 1. The molecule has 1 unspecified atom stereocenters. The molecule has 0 radical (unpaired) electrons. The maximum absolute atomic E-state index is 12.2. The average Bonchev–Trinajstić information content (AvgIpc) is 2.99. The molecule has 9 nitrogen and oxygen atoms in total. The Labute approximate surface area is 152 Å². The molecule has 3 heterocycles. The van der Waals surface area contributed by atoms with E-state index in [9.17, 15) is 14.4 Å². The molecule has 1 saturated heterocycles. The summed E-state index contributed by atoms with van der Waals surface area (Å²) in [6.45, 7) is 3.18. The molecule has 1 atom stereocenters. The second kappa shape index (κ2) is 7.84. The van der Waals surface area contributed by atoms with Gasteiger partial charge in [0, 0.05) is 33.0 Å². The summed E-state index contributed by atoms with van der Waals surface area (Å²) in [5.41, 5.74) is 0. The Hall–Kier alpha value is -2.45. The summed E-state index contributed by atoms with van der Waals surface area (Å²) in [7, 11) is 1.59. The third kappa shape index (κ3) is 3.86. The van der Waals surface area contributed by atoms with Crippen LogP contribution in [-0.2, 0) is 22.6 Å².